The molecule has 1 fully saturated rings. The van der Waals surface area contributed by atoms with Crippen molar-refractivity contribution in [1.82, 2.24) is 0 Å². The second kappa shape index (κ2) is 8.65. The molecule has 26 heavy (non-hydrogen) atoms. The molecule has 4 nitrogen and oxygen atoms in total. The Morgan fingerprint density at radius 3 is 2.50 bits per heavy atom. The maximum atomic E-state index is 12.3. The maximum absolute atomic E-state index is 12.3. The van der Waals surface area contributed by atoms with Crippen molar-refractivity contribution >= 4 is 17.6 Å². The van der Waals surface area contributed by atoms with Gasteiger partial charge in [-0.2, -0.15) is 0 Å². The summed E-state index contributed by atoms with van der Waals surface area (Å²) in [6.07, 6.45) is 3.60. The van der Waals surface area contributed by atoms with E-state index in [1.165, 1.54) is 12.0 Å². The highest BCUT2D eigenvalue weighted by molar-refractivity contribution is 5.99. The first-order chi connectivity index (χ1) is 12.7. The highest BCUT2D eigenvalue weighted by atomic mass is 16.5. The van der Waals surface area contributed by atoms with Crippen molar-refractivity contribution in [1.29, 1.82) is 0 Å². The number of unbranched alkanes of at least 4 members (excludes halogenated alkanes) is 1. The van der Waals surface area contributed by atoms with E-state index in [2.05, 4.69) is 19.1 Å². The van der Waals surface area contributed by atoms with Gasteiger partial charge in [0.15, 0.2) is 0 Å². The molecule has 0 spiro atoms. The van der Waals surface area contributed by atoms with E-state index in [0.29, 0.717) is 6.54 Å². The molecule has 136 valence electrons. The largest absolute Gasteiger partial charge is 0.461 e. The van der Waals surface area contributed by atoms with Crippen LogP contribution in [0.2, 0.25) is 0 Å². The summed E-state index contributed by atoms with van der Waals surface area (Å²) in [4.78, 5) is 26.3. The van der Waals surface area contributed by atoms with Crippen LogP contribution in [-0.2, 0) is 27.4 Å². The zero-order valence-electron chi connectivity index (χ0n) is 15.2. The molecule has 1 unspecified atom stereocenters. The number of hydrogen-bond acceptors (Lipinski definition) is 3. The van der Waals surface area contributed by atoms with Crippen LogP contribution >= 0.6 is 0 Å². The van der Waals surface area contributed by atoms with Gasteiger partial charge in [0.1, 0.15) is 6.61 Å². The summed E-state index contributed by atoms with van der Waals surface area (Å²) in [6.45, 7) is 2.81. The van der Waals surface area contributed by atoms with Crippen molar-refractivity contribution < 1.29 is 14.3 Å². The molecule has 0 saturated carbocycles. The summed E-state index contributed by atoms with van der Waals surface area (Å²) in [5.41, 5.74) is 3.08. The van der Waals surface area contributed by atoms with E-state index in [1.807, 2.05) is 42.5 Å². The fourth-order valence-corrected chi connectivity index (χ4v) is 3.19. The van der Waals surface area contributed by atoms with E-state index < -0.39 is 5.92 Å². The SMILES string of the molecule is CCCCc1ccc(N2CC(C(=O)OCc3ccccc3)CC2=O)cc1. The molecule has 0 bridgehead atoms. The quantitative estimate of drug-likeness (QED) is 0.705. The van der Waals surface area contributed by atoms with Crippen LogP contribution in [0.1, 0.15) is 37.3 Å². The van der Waals surface area contributed by atoms with Gasteiger partial charge >= 0.3 is 5.97 Å². The van der Waals surface area contributed by atoms with Crippen molar-refractivity contribution in [2.75, 3.05) is 11.4 Å². The van der Waals surface area contributed by atoms with Gasteiger partial charge in [-0.15, -0.1) is 0 Å². The Morgan fingerprint density at radius 1 is 1.08 bits per heavy atom. The predicted octanol–water partition coefficient (Wildman–Crippen LogP) is 4.13. The number of anilines is 1. The van der Waals surface area contributed by atoms with E-state index in [0.717, 1.165) is 24.1 Å². The van der Waals surface area contributed by atoms with Gasteiger partial charge in [0, 0.05) is 18.7 Å². The number of benzene rings is 2. The molecule has 2 aromatic rings. The van der Waals surface area contributed by atoms with Crippen LogP contribution in [-0.4, -0.2) is 18.4 Å². The monoisotopic (exact) mass is 351 g/mol. The molecule has 0 aromatic heterocycles. The Bertz CT molecular complexity index is 740. The Labute approximate surface area is 154 Å². The van der Waals surface area contributed by atoms with E-state index in [1.54, 1.807) is 4.90 Å². The van der Waals surface area contributed by atoms with Gasteiger partial charge in [-0.25, -0.2) is 0 Å². The van der Waals surface area contributed by atoms with Crippen LogP contribution in [0, 0.1) is 5.92 Å². The molecule has 3 rings (SSSR count). The molecule has 0 aliphatic carbocycles. The average molecular weight is 351 g/mol. The number of ether oxygens (including phenoxy) is 1. The minimum absolute atomic E-state index is 0.0204. The number of esters is 1. The number of amides is 1. The molecule has 1 amide bonds. The number of rotatable bonds is 7. The topological polar surface area (TPSA) is 46.6 Å². The van der Waals surface area contributed by atoms with Gasteiger partial charge < -0.3 is 9.64 Å². The minimum atomic E-state index is -0.397. The van der Waals surface area contributed by atoms with Crippen molar-refractivity contribution in [3.8, 4) is 0 Å². The zero-order valence-corrected chi connectivity index (χ0v) is 15.2. The van der Waals surface area contributed by atoms with Crippen LogP contribution in [0.25, 0.3) is 0 Å². The molecule has 1 aliphatic rings. The molecule has 1 aliphatic heterocycles. The van der Waals surface area contributed by atoms with Gasteiger partial charge in [0.05, 0.1) is 5.92 Å². The van der Waals surface area contributed by atoms with E-state index in [4.69, 9.17) is 4.74 Å². The standard InChI is InChI=1S/C22H25NO3/c1-2-3-7-17-10-12-20(13-11-17)23-15-19(14-21(23)24)22(25)26-16-18-8-5-4-6-9-18/h4-6,8-13,19H,2-3,7,14-16H2,1H3. The first-order valence-electron chi connectivity index (χ1n) is 9.27. The summed E-state index contributed by atoms with van der Waals surface area (Å²) < 4.78 is 5.39. The maximum Gasteiger partial charge on any atom is 0.311 e. The van der Waals surface area contributed by atoms with Crippen molar-refractivity contribution in [3.63, 3.8) is 0 Å². The van der Waals surface area contributed by atoms with Crippen molar-refractivity contribution in [2.24, 2.45) is 5.92 Å². The third-order valence-corrected chi connectivity index (χ3v) is 4.75. The number of carbonyl (C=O) groups is 2. The van der Waals surface area contributed by atoms with Crippen LogP contribution < -0.4 is 4.90 Å². The third-order valence-electron chi connectivity index (χ3n) is 4.75. The summed E-state index contributed by atoms with van der Waals surface area (Å²) in [5.74, 6) is -0.719. The summed E-state index contributed by atoms with van der Waals surface area (Å²) in [5, 5.41) is 0. The van der Waals surface area contributed by atoms with E-state index in [-0.39, 0.29) is 24.9 Å². The lowest BCUT2D eigenvalue weighted by molar-refractivity contribution is -0.149. The molecule has 2 aromatic carbocycles. The molecule has 1 atom stereocenters. The Hall–Kier alpha value is -2.62. The first-order valence-corrected chi connectivity index (χ1v) is 9.27. The summed E-state index contributed by atoms with van der Waals surface area (Å²) in [7, 11) is 0. The Kier molecular flexibility index (Phi) is 6.05. The zero-order chi connectivity index (χ0) is 18.4. The number of nitrogens with zero attached hydrogens (tertiary/aromatic N) is 1. The Morgan fingerprint density at radius 2 is 1.81 bits per heavy atom. The first kappa shape index (κ1) is 18.2. The molecule has 1 heterocycles. The second-order valence-corrected chi connectivity index (χ2v) is 6.77. The average Bonchev–Trinajstić information content (AvgIpc) is 3.07. The van der Waals surface area contributed by atoms with Crippen LogP contribution in [0.3, 0.4) is 0 Å². The number of aryl methyl sites for hydroxylation is 1. The molecular weight excluding hydrogens is 326 g/mol. The highest BCUT2D eigenvalue weighted by Crippen LogP contribution is 2.26. The van der Waals surface area contributed by atoms with Crippen LogP contribution in [0.4, 0.5) is 5.69 Å². The van der Waals surface area contributed by atoms with Crippen LogP contribution in [0.5, 0.6) is 0 Å². The van der Waals surface area contributed by atoms with Crippen molar-refractivity contribution in [2.45, 2.75) is 39.2 Å². The minimum Gasteiger partial charge on any atom is -0.461 e. The van der Waals surface area contributed by atoms with Gasteiger partial charge in [-0.05, 0) is 36.1 Å². The fraction of sp³-hybridized carbons (Fsp3) is 0.364. The van der Waals surface area contributed by atoms with Gasteiger partial charge in [-0.1, -0.05) is 55.8 Å². The number of carbonyl (C=O) groups excluding carboxylic acids is 2. The number of hydrogen-bond donors (Lipinski definition) is 0. The lowest BCUT2D eigenvalue weighted by Gasteiger charge is -2.17. The van der Waals surface area contributed by atoms with Crippen molar-refractivity contribution in [3.05, 3.63) is 65.7 Å². The molecule has 1 saturated heterocycles. The molecular formula is C22H25NO3. The highest BCUT2D eigenvalue weighted by Gasteiger charge is 2.36. The molecule has 4 heteroatoms. The smallest absolute Gasteiger partial charge is 0.311 e. The summed E-state index contributed by atoms with van der Waals surface area (Å²) in [6, 6.07) is 17.7. The van der Waals surface area contributed by atoms with E-state index >= 15 is 0 Å². The molecule has 0 radical (unpaired) electrons. The van der Waals surface area contributed by atoms with Gasteiger partial charge in [0.25, 0.3) is 0 Å². The summed E-state index contributed by atoms with van der Waals surface area (Å²) >= 11 is 0. The lowest BCUT2D eigenvalue weighted by Crippen LogP contribution is -2.26. The molecule has 0 N–H and O–H groups in total. The van der Waals surface area contributed by atoms with E-state index in [9.17, 15) is 9.59 Å². The third kappa shape index (κ3) is 4.51. The van der Waals surface area contributed by atoms with Gasteiger partial charge in [0.2, 0.25) is 5.91 Å². The predicted molar refractivity (Wildman–Crippen MR) is 102 cm³/mol. The van der Waals surface area contributed by atoms with Gasteiger partial charge in [-0.3, -0.25) is 9.59 Å². The van der Waals surface area contributed by atoms with Crippen LogP contribution in [0.15, 0.2) is 54.6 Å². The Balaban J connectivity index is 1.56. The lowest BCUT2D eigenvalue weighted by atomic mass is 10.1. The fourth-order valence-electron chi connectivity index (χ4n) is 3.19. The normalized spacial score (nSPS) is 16.7. The second-order valence-electron chi connectivity index (χ2n) is 6.77.